The molecule has 47 heavy (non-hydrogen) atoms. The monoisotopic (exact) mass is 656 g/mol. The molecule has 10 nitrogen and oxygen atoms in total. The van der Waals surface area contributed by atoms with Crippen molar-refractivity contribution in [3.05, 3.63) is 120 Å². The van der Waals surface area contributed by atoms with Crippen molar-refractivity contribution >= 4 is 29.4 Å². The van der Waals surface area contributed by atoms with E-state index in [0.29, 0.717) is 51.1 Å². The topological polar surface area (TPSA) is 115 Å². The average molecular weight is 657 g/mol. The zero-order valence-electron chi connectivity index (χ0n) is 26.9. The van der Waals surface area contributed by atoms with Crippen molar-refractivity contribution in [3.63, 3.8) is 0 Å². The Kier molecular flexibility index (Phi) is 10.6. The average Bonchev–Trinajstić information content (AvgIpc) is 3.36. The van der Waals surface area contributed by atoms with Crippen molar-refractivity contribution in [2.45, 2.75) is 40.3 Å². The van der Waals surface area contributed by atoms with Gasteiger partial charge >= 0.3 is 11.9 Å². The van der Waals surface area contributed by atoms with Crippen LogP contribution >= 0.6 is 11.3 Å². The molecule has 5 rings (SSSR count). The molecule has 0 saturated heterocycles. The van der Waals surface area contributed by atoms with Crippen LogP contribution in [0.2, 0.25) is 0 Å². The molecule has 0 aliphatic carbocycles. The van der Waals surface area contributed by atoms with Crippen molar-refractivity contribution in [3.8, 4) is 17.2 Å². The number of carbonyl (C=O) groups is 2. The van der Waals surface area contributed by atoms with Crippen LogP contribution in [-0.2, 0) is 25.7 Å². The molecule has 1 aromatic heterocycles. The number of methoxy groups -OCH3 is 1. The second kappa shape index (κ2) is 15.0. The first-order valence-corrected chi connectivity index (χ1v) is 16.0. The first kappa shape index (κ1) is 33.2. The summed E-state index contributed by atoms with van der Waals surface area (Å²) in [5.74, 6) is 0.259. The number of hydrogen-bond acceptors (Lipinski definition) is 10. The molecule has 11 heteroatoms. The van der Waals surface area contributed by atoms with E-state index in [-0.39, 0.29) is 24.3 Å². The molecule has 4 aromatic rings. The van der Waals surface area contributed by atoms with Crippen molar-refractivity contribution in [1.29, 1.82) is 0 Å². The number of thiazole rings is 1. The predicted octanol–water partition coefficient (Wildman–Crippen LogP) is 4.64. The van der Waals surface area contributed by atoms with Gasteiger partial charge in [-0.3, -0.25) is 9.36 Å². The van der Waals surface area contributed by atoms with Gasteiger partial charge in [-0.25, -0.2) is 14.6 Å². The normalized spacial score (nSPS) is 14.2. The Labute approximate surface area is 276 Å². The third-order valence-electron chi connectivity index (χ3n) is 7.34. The quantitative estimate of drug-likeness (QED) is 0.203. The zero-order valence-corrected chi connectivity index (χ0v) is 27.7. The van der Waals surface area contributed by atoms with Crippen LogP contribution in [0, 0.1) is 6.92 Å². The Hall–Kier alpha value is -5.16. The van der Waals surface area contributed by atoms with Crippen molar-refractivity contribution < 1.29 is 33.3 Å². The van der Waals surface area contributed by atoms with Crippen molar-refractivity contribution in [1.82, 2.24) is 4.57 Å². The van der Waals surface area contributed by atoms with E-state index in [1.807, 2.05) is 56.3 Å². The van der Waals surface area contributed by atoms with E-state index in [4.69, 9.17) is 18.9 Å². The smallest absolute Gasteiger partial charge is 0.343 e. The van der Waals surface area contributed by atoms with Gasteiger partial charge in [0.15, 0.2) is 22.9 Å². The van der Waals surface area contributed by atoms with Gasteiger partial charge in [0.1, 0.15) is 12.4 Å². The van der Waals surface area contributed by atoms with Crippen LogP contribution in [0.3, 0.4) is 0 Å². The standard InChI is InChI=1S/C36H36N2O8S/c1-6-43-29-19-26(13-16-28(29)46-21-31(39)42-5)33-32(35(41)44-7-2)23(4)37-36-38(33)34(40)30(47-36)18-24-11-14-27(15-12-24)45-20-25-10-8-9-22(3)17-25/h8-19,33H,6-7,20-21H2,1-5H3/b30-18-/t33-/m1/s1. The van der Waals surface area contributed by atoms with Gasteiger partial charge in [0.05, 0.1) is 42.2 Å². The number of hydrogen-bond donors (Lipinski definition) is 0. The van der Waals surface area contributed by atoms with E-state index < -0.39 is 18.0 Å². The van der Waals surface area contributed by atoms with Crippen LogP contribution < -0.4 is 29.1 Å². The van der Waals surface area contributed by atoms with Gasteiger partial charge in [0, 0.05) is 0 Å². The van der Waals surface area contributed by atoms with Crippen LogP contribution in [0.4, 0.5) is 0 Å². The Morgan fingerprint density at radius 2 is 1.72 bits per heavy atom. The maximum absolute atomic E-state index is 14.1. The molecule has 0 bridgehead atoms. The summed E-state index contributed by atoms with van der Waals surface area (Å²) in [5, 5.41) is 0. The van der Waals surface area contributed by atoms with Gasteiger partial charge in [-0.1, -0.05) is 59.4 Å². The highest BCUT2D eigenvalue weighted by molar-refractivity contribution is 7.07. The fourth-order valence-electron chi connectivity index (χ4n) is 5.17. The number of esters is 2. The minimum atomic E-state index is -0.848. The van der Waals surface area contributed by atoms with Crippen LogP contribution in [-0.4, -0.2) is 43.4 Å². The van der Waals surface area contributed by atoms with Crippen molar-refractivity contribution in [2.24, 2.45) is 4.99 Å². The molecule has 2 heterocycles. The molecule has 3 aromatic carbocycles. The van der Waals surface area contributed by atoms with E-state index >= 15 is 0 Å². The van der Waals surface area contributed by atoms with Gasteiger partial charge in [0.25, 0.3) is 5.56 Å². The Bertz CT molecular complexity index is 1990. The molecule has 1 atom stereocenters. The summed E-state index contributed by atoms with van der Waals surface area (Å²) in [5.41, 5.74) is 4.02. The number of benzene rings is 3. The Balaban J connectivity index is 1.52. The van der Waals surface area contributed by atoms with Crippen LogP contribution in [0.5, 0.6) is 17.2 Å². The summed E-state index contributed by atoms with van der Waals surface area (Å²) in [4.78, 5) is 44.2. The number of ether oxygens (including phenoxy) is 5. The second-order valence-corrected chi connectivity index (χ2v) is 11.7. The molecule has 0 saturated carbocycles. The number of aryl methyl sites for hydroxylation is 1. The minimum Gasteiger partial charge on any atom is -0.490 e. The van der Waals surface area contributed by atoms with Crippen LogP contribution in [0.25, 0.3) is 6.08 Å². The largest absolute Gasteiger partial charge is 0.490 e. The highest BCUT2D eigenvalue weighted by Gasteiger charge is 2.34. The number of fused-ring (bicyclic) bond motifs is 1. The van der Waals surface area contributed by atoms with E-state index in [9.17, 15) is 14.4 Å². The van der Waals surface area contributed by atoms with E-state index in [0.717, 1.165) is 11.1 Å². The lowest BCUT2D eigenvalue weighted by Gasteiger charge is -2.25. The summed E-state index contributed by atoms with van der Waals surface area (Å²) < 4.78 is 29.5. The minimum absolute atomic E-state index is 0.155. The fourth-order valence-corrected chi connectivity index (χ4v) is 6.21. The summed E-state index contributed by atoms with van der Waals surface area (Å²) in [6.45, 7) is 7.92. The number of allylic oxidation sites excluding steroid dienone is 1. The summed E-state index contributed by atoms with van der Waals surface area (Å²) in [6.07, 6.45) is 1.80. The van der Waals surface area contributed by atoms with E-state index in [2.05, 4.69) is 15.8 Å². The zero-order chi connectivity index (χ0) is 33.5. The molecule has 0 unspecified atom stereocenters. The first-order chi connectivity index (χ1) is 22.7. The molecular weight excluding hydrogens is 620 g/mol. The summed E-state index contributed by atoms with van der Waals surface area (Å²) in [7, 11) is 1.27. The second-order valence-electron chi connectivity index (χ2n) is 10.7. The van der Waals surface area contributed by atoms with Gasteiger partial charge < -0.3 is 23.7 Å². The molecule has 1 aliphatic rings. The molecule has 0 radical (unpaired) electrons. The Morgan fingerprint density at radius 3 is 2.43 bits per heavy atom. The highest BCUT2D eigenvalue weighted by Crippen LogP contribution is 2.36. The molecular formula is C36H36N2O8S. The molecule has 0 fully saturated rings. The molecule has 0 amide bonds. The summed E-state index contributed by atoms with van der Waals surface area (Å²) >= 11 is 1.23. The third kappa shape index (κ3) is 7.63. The number of rotatable bonds is 12. The molecule has 1 aliphatic heterocycles. The van der Waals surface area contributed by atoms with Gasteiger partial charge in [-0.05, 0) is 74.7 Å². The number of nitrogens with zero attached hydrogens (tertiary/aromatic N) is 2. The SMILES string of the molecule is CCOC(=O)C1=C(C)N=c2s/c(=C\c3ccc(OCc4cccc(C)c4)cc3)c(=O)n2[C@@H]1c1ccc(OCC(=O)OC)c(OCC)c1. The van der Waals surface area contributed by atoms with Crippen LogP contribution in [0.1, 0.15) is 49.1 Å². The molecule has 0 N–H and O–H groups in total. The fraction of sp³-hybridized carbons (Fsp3) is 0.278. The Morgan fingerprint density at radius 1 is 0.936 bits per heavy atom. The van der Waals surface area contributed by atoms with Crippen LogP contribution in [0.15, 0.2) is 87.8 Å². The molecule has 244 valence electrons. The van der Waals surface area contributed by atoms with Gasteiger partial charge in [-0.15, -0.1) is 0 Å². The van der Waals surface area contributed by atoms with Gasteiger partial charge in [-0.2, -0.15) is 0 Å². The lowest BCUT2D eigenvalue weighted by atomic mass is 9.95. The molecule has 0 spiro atoms. The first-order valence-electron chi connectivity index (χ1n) is 15.2. The lowest BCUT2D eigenvalue weighted by molar-refractivity contribution is -0.143. The predicted molar refractivity (Wildman–Crippen MR) is 177 cm³/mol. The number of aromatic nitrogens is 1. The summed E-state index contributed by atoms with van der Waals surface area (Å²) in [6, 6.07) is 19.9. The maximum Gasteiger partial charge on any atom is 0.343 e. The maximum atomic E-state index is 14.1. The van der Waals surface area contributed by atoms with E-state index in [1.165, 1.54) is 28.6 Å². The highest BCUT2D eigenvalue weighted by atomic mass is 32.1. The van der Waals surface area contributed by atoms with Gasteiger partial charge in [0.2, 0.25) is 0 Å². The lowest BCUT2D eigenvalue weighted by Crippen LogP contribution is -2.40. The van der Waals surface area contributed by atoms with Crippen molar-refractivity contribution in [2.75, 3.05) is 26.9 Å². The van der Waals surface area contributed by atoms with E-state index in [1.54, 1.807) is 38.1 Å². The number of carbonyl (C=O) groups excluding carboxylic acids is 2. The third-order valence-corrected chi connectivity index (χ3v) is 8.32.